The number of H-pyrrole nitrogens is 2. The lowest BCUT2D eigenvalue weighted by Gasteiger charge is -2.37. The second-order valence-corrected chi connectivity index (χ2v) is 8.72. The Kier molecular flexibility index (Phi) is 5.54. The summed E-state index contributed by atoms with van der Waals surface area (Å²) in [7, 11) is 0. The van der Waals surface area contributed by atoms with Crippen molar-refractivity contribution in [2.75, 3.05) is 18.0 Å². The van der Waals surface area contributed by atoms with Crippen LogP contribution in [0.25, 0.3) is 11.0 Å². The van der Waals surface area contributed by atoms with Crippen LogP contribution in [0.1, 0.15) is 26.0 Å². The van der Waals surface area contributed by atoms with Crippen molar-refractivity contribution in [3.8, 4) is 0 Å². The van der Waals surface area contributed by atoms with Gasteiger partial charge in [-0.2, -0.15) is 0 Å². The molecule has 0 unspecified atom stereocenters. The van der Waals surface area contributed by atoms with Crippen LogP contribution in [0.5, 0.6) is 0 Å². The average Bonchev–Trinajstić information content (AvgIpc) is 2.97. The Morgan fingerprint density at radius 3 is 2.66 bits per heavy atom. The summed E-state index contributed by atoms with van der Waals surface area (Å²) in [5.74, 6) is 0.715. The van der Waals surface area contributed by atoms with Gasteiger partial charge >= 0.3 is 5.69 Å². The van der Waals surface area contributed by atoms with E-state index in [-0.39, 0.29) is 11.7 Å². The third-order valence-electron chi connectivity index (χ3n) is 4.78. The fourth-order valence-electron chi connectivity index (χ4n) is 3.30. The number of aromatic amines is 2. The summed E-state index contributed by atoms with van der Waals surface area (Å²) >= 11 is 4.77. The molecule has 9 nitrogen and oxygen atoms in total. The molecule has 0 bridgehead atoms. The van der Waals surface area contributed by atoms with E-state index in [4.69, 9.17) is 0 Å². The van der Waals surface area contributed by atoms with Crippen molar-refractivity contribution in [2.24, 2.45) is 0 Å². The second kappa shape index (κ2) is 7.96. The number of nitrogens with one attached hydrogen (secondary N) is 2. The molecule has 3 N–H and O–H groups in total. The highest BCUT2D eigenvalue weighted by Crippen LogP contribution is 2.37. The number of aliphatic hydroxyl groups excluding tert-OH is 1. The Bertz CT molecular complexity index is 1150. The molecule has 1 aliphatic rings. The molecule has 0 amide bonds. The maximum absolute atomic E-state index is 12.2. The first-order valence-electron chi connectivity index (χ1n) is 9.44. The molecule has 1 saturated heterocycles. The van der Waals surface area contributed by atoms with E-state index in [1.807, 2.05) is 18.7 Å². The van der Waals surface area contributed by atoms with Gasteiger partial charge in [-0.1, -0.05) is 13.8 Å². The van der Waals surface area contributed by atoms with Crippen LogP contribution in [0.3, 0.4) is 0 Å². The lowest BCUT2D eigenvalue weighted by Crippen LogP contribution is -2.51. The minimum atomic E-state index is -0.440. The summed E-state index contributed by atoms with van der Waals surface area (Å²) < 4.78 is 2.09. The van der Waals surface area contributed by atoms with Gasteiger partial charge in [0, 0.05) is 31.4 Å². The molecule has 3 aromatic heterocycles. The monoisotopic (exact) mass is 480 g/mol. The molecule has 154 valence electrons. The van der Waals surface area contributed by atoms with Crippen LogP contribution < -0.4 is 16.1 Å². The number of nitrogens with zero attached hydrogens (tertiary/aromatic N) is 4. The summed E-state index contributed by atoms with van der Waals surface area (Å²) in [6.45, 7) is 5.32. The molecule has 11 heteroatoms. The largest absolute Gasteiger partial charge is 0.389 e. The molecule has 4 rings (SSSR count). The third-order valence-corrected chi connectivity index (χ3v) is 6.46. The van der Waals surface area contributed by atoms with Crippen LogP contribution in [-0.2, 0) is 13.0 Å². The van der Waals surface area contributed by atoms with Gasteiger partial charge in [0.25, 0.3) is 5.56 Å². The van der Waals surface area contributed by atoms with Crippen molar-refractivity contribution in [1.29, 1.82) is 0 Å². The molecule has 0 aromatic carbocycles. The zero-order chi connectivity index (χ0) is 20.7. The van der Waals surface area contributed by atoms with E-state index < -0.39 is 5.69 Å². The Morgan fingerprint density at radius 2 is 2.03 bits per heavy atom. The average molecular weight is 481 g/mol. The molecule has 3 aromatic rings. The lowest BCUT2D eigenvalue weighted by atomic mass is 10.1. The summed E-state index contributed by atoms with van der Waals surface area (Å²) in [6.07, 6.45) is 1.12. The number of aliphatic hydroxyl groups is 1. The van der Waals surface area contributed by atoms with E-state index in [0.29, 0.717) is 47.7 Å². The van der Waals surface area contributed by atoms with Crippen molar-refractivity contribution < 1.29 is 5.11 Å². The molecule has 4 heterocycles. The zero-order valence-corrected chi connectivity index (χ0v) is 18.4. The van der Waals surface area contributed by atoms with E-state index in [2.05, 4.69) is 35.9 Å². The van der Waals surface area contributed by atoms with Gasteiger partial charge in [0.1, 0.15) is 11.5 Å². The van der Waals surface area contributed by atoms with Gasteiger partial charge in [-0.15, -0.1) is 0 Å². The van der Waals surface area contributed by atoms with Crippen LogP contribution in [-0.4, -0.2) is 48.8 Å². The number of hydrogen-bond donors (Lipinski definition) is 3. The molecule has 1 fully saturated rings. The predicted molar refractivity (Wildman–Crippen MR) is 115 cm³/mol. The Morgan fingerprint density at radius 1 is 1.28 bits per heavy atom. The quantitative estimate of drug-likeness (QED) is 0.363. The van der Waals surface area contributed by atoms with E-state index in [0.717, 1.165) is 33.7 Å². The highest BCUT2D eigenvalue weighted by atomic mass is 79.9. The highest BCUT2D eigenvalue weighted by molar-refractivity contribution is 9.10. The number of aryl methyl sites for hydroxylation is 1. The topological polar surface area (TPSA) is 120 Å². The number of hydrogen-bond acceptors (Lipinski definition) is 7. The van der Waals surface area contributed by atoms with Crippen molar-refractivity contribution in [2.45, 2.75) is 49.5 Å². The molecular formula is C18H21BrN6O3S. The normalized spacial score (nSPS) is 14.6. The van der Waals surface area contributed by atoms with Gasteiger partial charge in [0.2, 0.25) is 0 Å². The van der Waals surface area contributed by atoms with Crippen molar-refractivity contribution in [3.63, 3.8) is 0 Å². The first-order valence-corrected chi connectivity index (χ1v) is 11.0. The molecule has 0 spiro atoms. The highest BCUT2D eigenvalue weighted by Gasteiger charge is 2.29. The van der Waals surface area contributed by atoms with Crippen LogP contribution in [0.15, 0.2) is 30.3 Å². The Balaban J connectivity index is 1.77. The Hall–Kier alpha value is -2.11. The minimum Gasteiger partial charge on any atom is -0.389 e. The first kappa shape index (κ1) is 20.2. The van der Waals surface area contributed by atoms with Crippen LogP contribution in [0.4, 0.5) is 5.82 Å². The van der Waals surface area contributed by atoms with Gasteiger partial charge < -0.3 is 20.0 Å². The van der Waals surface area contributed by atoms with Crippen LogP contribution >= 0.6 is 27.7 Å². The van der Waals surface area contributed by atoms with Gasteiger partial charge in [-0.3, -0.25) is 9.36 Å². The predicted octanol–water partition coefficient (Wildman–Crippen LogP) is 1.87. The van der Waals surface area contributed by atoms with Crippen molar-refractivity contribution in [3.05, 3.63) is 37.1 Å². The lowest BCUT2D eigenvalue weighted by molar-refractivity contribution is 0.141. The summed E-state index contributed by atoms with van der Waals surface area (Å²) in [5, 5.41) is 11.4. The summed E-state index contributed by atoms with van der Waals surface area (Å²) in [4.78, 5) is 41.7. The first-order chi connectivity index (χ1) is 13.9. The maximum Gasteiger partial charge on any atom is 0.329 e. The number of rotatable bonds is 6. The van der Waals surface area contributed by atoms with E-state index >= 15 is 0 Å². The smallest absolute Gasteiger partial charge is 0.329 e. The second-order valence-electron chi connectivity index (χ2n) is 6.91. The molecular weight excluding hydrogens is 460 g/mol. The number of anilines is 1. The third kappa shape index (κ3) is 3.74. The van der Waals surface area contributed by atoms with Gasteiger partial charge in [0.05, 0.1) is 21.0 Å². The summed E-state index contributed by atoms with van der Waals surface area (Å²) in [6, 6.07) is 1.39. The van der Waals surface area contributed by atoms with Gasteiger partial charge in [0.15, 0.2) is 5.16 Å². The number of halogens is 1. The number of β-amino-alcohol motifs (C(OH)–C–C–N with tert-alkyl or cyclic N) is 1. The molecule has 0 aliphatic carbocycles. The van der Waals surface area contributed by atoms with Crippen molar-refractivity contribution >= 4 is 44.5 Å². The Labute approximate surface area is 178 Å². The molecule has 0 atom stereocenters. The molecule has 1 aliphatic heterocycles. The SMILES string of the molecule is CCCn1c(=O)cc(Sc2nc(N3CC(O)C3)c3c(Br)c(CC)[nH]c3n2)[nH]c1=O. The van der Waals surface area contributed by atoms with E-state index in [1.54, 1.807) is 0 Å². The van der Waals surface area contributed by atoms with E-state index in [9.17, 15) is 14.7 Å². The maximum atomic E-state index is 12.2. The fourth-order valence-corrected chi connectivity index (χ4v) is 4.81. The minimum absolute atomic E-state index is 0.346. The molecule has 0 radical (unpaired) electrons. The number of aromatic nitrogens is 5. The van der Waals surface area contributed by atoms with Crippen LogP contribution in [0, 0.1) is 0 Å². The van der Waals surface area contributed by atoms with Crippen LogP contribution in [0.2, 0.25) is 0 Å². The van der Waals surface area contributed by atoms with Crippen molar-refractivity contribution in [1.82, 2.24) is 24.5 Å². The number of fused-ring (bicyclic) bond motifs is 1. The van der Waals surface area contributed by atoms with Gasteiger partial charge in [-0.25, -0.2) is 14.8 Å². The zero-order valence-electron chi connectivity index (χ0n) is 16.0. The standard InChI is InChI=1S/C18H21BrN6O3S/c1-3-5-25-12(27)6-11(21-18(25)28)29-17-22-15-13(14(19)10(4-2)20-15)16(23-17)24-7-9(26)8-24/h6,9,26H,3-5,7-8H2,1-2H3,(H,21,28)(H,20,22,23). The molecule has 0 saturated carbocycles. The molecule has 29 heavy (non-hydrogen) atoms. The summed E-state index contributed by atoms with van der Waals surface area (Å²) in [5.41, 5.74) is 0.893. The fraction of sp³-hybridized carbons (Fsp3) is 0.444. The van der Waals surface area contributed by atoms with E-state index in [1.165, 1.54) is 10.6 Å². The van der Waals surface area contributed by atoms with Gasteiger partial charge in [-0.05, 0) is 40.5 Å².